The Morgan fingerprint density at radius 1 is 1.53 bits per heavy atom. The fourth-order valence-corrected chi connectivity index (χ4v) is 2.10. The zero-order chi connectivity index (χ0) is 12.3. The lowest BCUT2D eigenvalue weighted by atomic mass is 10.1. The lowest BCUT2D eigenvalue weighted by Gasteiger charge is -2.15. The van der Waals surface area contributed by atoms with Gasteiger partial charge in [-0.25, -0.2) is 9.79 Å². The third-order valence-corrected chi connectivity index (χ3v) is 2.89. The van der Waals surface area contributed by atoms with Crippen LogP contribution in [0.1, 0.15) is 17.5 Å². The second-order valence-electron chi connectivity index (χ2n) is 4.34. The largest absolute Gasteiger partial charge is 0.336 e. The van der Waals surface area contributed by atoms with Crippen molar-refractivity contribution in [3.8, 4) is 0 Å². The fourth-order valence-electron chi connectivity index (χ4n) is 2.10. The zero-order valence-corrected chi connectivity index (χ0v) is 9.72. The van der Waals surface area contributed by atoms with Gasteiger partial charge in [0, 0.05) is 13.1 Å². The number of nitrogens with zero attached hydrogens (tertiary/aromatic N) is 2. The van der Waals surface area contributed by atoms with E-state index in [0.29, 0.717) is 19.5 Å². The normalized spacial score (nSPS) is 19.2. The minimum Gasteiger partial charge on any atom is -0.336 e. The molecule has 1 aromatic carbocycles. The average molecular weight is 230 g/mol. The van der Waals surface area contributed by atoms with Crippen molar-refractivity contribution in [1.82, 2.24) is 4.90 Å². The molecule has 0 spiro atoms. The number of hydrogen-bond acceptors (Lipinski definition) is 3. The van der Waals surface area contributed by atoms with Gasteiger partial charge < -0.3 is 4.90 Å². The number of benzene rings is 1. The number of carbonyl (C=O) groups is 1. The maximum atomic E-state index is 11.7. The molecule has 0 aliphatic carbocycles. The third-order valence-electron chi connectivity index (χ3n) is 2.89. The number of hydrogen-bond donors (Lipinski definition) is 0. The smallest absolute Gasteiger partial charge is 0.235 e. The van der Waals surface area contributed by atoms with E-state index in [4.69, 9.17) is 0 Å². The average Bonchev–Trinajstić information content (AvgIpc) is 2.60. The molecule has 2 rings (SSSR count). The van der Waals surface area contributed by atoms with Crippen molar-refractivity contribution in [3.05, 3.63) is 35.4 Å². The monoisotopic (exact) mass is 230 g/mol. The molecule has 1 aliphatic heterocycles. The molecule has 1 atom stereocenters. The molecular weight excluding hydrogens is 216 g/mol. The van der Waals surface area contributed by atoms with Gasteiger partial charge in [0.2, 0.25) is 12.0 Å². The van der Waals surface area contributed by atoms with E-state index < -0.39 is 0 Å². The van der Waals surface area contributed by atoms with Crippen LogP contribution in [0.25, 0.3) is 0 Å². The van der Waals surface area contributed by atoms with Gasteiger partial charge in [-0.1, -0.05) is 29.8 Å². The molecule has 17 heavy (non-hydrogen) atoms. The number of rotatable bonds is 3. The summed E-state index contributed by atoms with van der Waals surface area (Å²) in [7, 11) is 0. The second-order valence-corrected chi connectivity index (χ2v) is 4.34. The Labute approximate surface area is 100.0 Å². The highest BCUT2D eigenvalue weighted by Crippen LogP contribution is 2.17. The van der Waals surface area contributed by atoms with E-state index in [9.17, 15) is 9.59 Å². The van der Waals surface area contributed by atoms with E-state index >= 15 is 0 Å². The van der Waals surface area contributed by atoms with Crippen LogP contribution in [0.3, 0.4) is 0 Å². The summed E-state index contributed by atoms with van der Waals surface area (Å²) in [6.07, 6.45) is 1.84. The van der Waals surface area contributed by atoms with E-state index in [1.54, 1.807) is 4.90 Å². The Morgan fingerprint density at radius 2 is 2.35 bits per heavy atom. The minimum atomic E-state index is -0.218. The zero-order valence-electron chi connectivity index (χ0n) is 9.72. The molecule has 4 heteroatoms. The van der Waals surface area contributed by atoms with Gasteiger partial charge in [-0.3, -0.25) is 4.79 Å². The summed E-state index contributed by atoms with van der Waals surface area (Å²) < 4.78 is 0. The first kappa shape index (κ1) is 11.6. The van der Waals surface area contributed by atoms with Crippen LogP contribution in [-0.4, -0.2) is 29.5 Å². The Hall–Kier alpha value is -1.93. The second kappa shape index (κ2) is 4.93. The lowest BCUT2D eigenvalue weighted by Crippen LogP contribution is -2.25. The van der Waals surface area contributed by atoms with Crippen LogP contribution in [-0.2, 0) is 16.1 Å². The van der Waals surface area contributed by atoms with Gasteiger partial charge in [0.25, 0.3) is 0 Å². The Balaban J connectivity index is 2.05. The predicted octanol–water partition coefficient (Wildman–Crippen LogP) is 1.43. The summed E-state index contributed by atoms with van der Waals surface area (Å²) in [6.45, 7) is 3.13. The number of isocyanates is 1. The Morgan fingerprint density at radius 3 is 3.06 bits per heavy atom. The number of aryl methyl sites for hydroxylation is 1. The van der Waals surface area contributed by atoms with Crippen LogP contribution < -0.4 is 0 Å². The van der Waals surface area contributed by atoms with Gasteiger partial charge in [-0.05, 0) is 12.5 Å². The number of likely N-dealkylation sites (tertiary alicyclic amines) is 1. The summed E-state index contributed by atoms with van der Waals surface area (Å²) in [4.78, 5) is 27.2. The maximum Gasteiger partial charge on any atom is 0.235 e. The molecule has 1 saturated heterocycles. The first-order chi connectivity index (χ1) is 8.19. The standard InChI is InChI=1S/C13H14N2O2/c1-10-3-2-4-11(5-10)7-15-8-12(14-9-16)6-13(15)17/h2-5,12H,6-8H2,1H3. The molecule has 0 bridgehead atoms. The molecule has 1 unspecified atom stereocenters. The van der Waals surface area contributed by atoms with E-state index in [1.165, 1.54) is 11.6 Å². The van der Waals surface area contributed by atoms with Crippen molar-refractivity contribution < 1.29 is 9.59 Å². The van der Waals surface area contributed by atoms with Crippen molar-refractivity contribution in [1.29, 1.82) is 0 Å². The van der Waals surface area contributed by atoms with Crippen LogP contribution in [0, 0.1) is 6.92 Å². The quantitative estimate of drug-likeness (QED) is 0.582. The first-order valence-electron chi connectivity index (χ1n) is 5.59. The Bertz CT molecular complexity index is 478. The molecule has 1 aromatic rings. The van der Waals surface area contributed by atoms with Crippen molar-refractivity contribution >= 4 is 12.0 Å². The molecule has 88 valence electrons. The predicted molar refractivity (Wildman–Crippen MR) is 63.1 cm³/mol. The van der Waals surface area contributed by atoms with Crippen LogP contribution in [0.2, 0.25) is 0 Å². The van der Waals surface area contributed by atoms with Gasteiger partial charge in [0.05, 0.1) is 12.5 Å². The van der Waals surface area contributed by atoms with E-state index in [2.05, 4.69) is 11.1 Å². The summed E-state index contributed by atoms with van der Waals surface area (Å²) in [5, 5.41) is 0. The van der Waals surface area contributed by atoms with Gasteiger partial charge in [0.1, 0.15) is 0 Å². The van der Waals surface area contributed by atoms with E-state index in [1.807, 2.05) is 25.1 Å². The third kappa shape index (κ3) is 2.80. The SMILES string of the molecule is Cc1cccc(CN2CC(N=C=O)CC2=O)c1. The van der Waals surface area contributed by atoms with Crippen LogP contribution in [0.15, 0.2) is 29.3 Å². The number of carbonyl (C=O) groups excluding carboxylic acids is 2. The molecule has 1 heterocycles. The van der Waals surface area contributed by atoms with Crippen molar-refractivity contribution in [3.63, 3.8) is 0 Å². The van der Waals surface area contributed by atoms with E-state index in [0.717, 1.165) is 5.56 Å². The molecule has 0 N–H and O–H groups in total. The minimum absolute atomic E-state index is 0.0514. The summed E-state index contributed by atoms with van der Waals surface area (Å²) >= 11 is 0. The lowest BCUT2D eigenvalue weighted by molar-refractivity contribution is -0.128. The highest BCUT2D eigenvalue weighted by molar-refractivity contribution is 5.79. The highest BCUT2D eigenvalue weighted by Gasteiger charge is 2.29. The summed E-state index contributed by atoms with van der Waals surface area (Å²) in [6, 6.07) is 7.84. The van der Waals surface area contributed by atoms with Crippen molar-refractivity contribution in [2.24, 2.45) is 4.99 Å². The van der Waals surface area contributed by atoms with Gasteiger partial charge in [-0.2, -0.15) is 0 Å². The van der Waals surface area contributed by atoms with Gasteiger partial charge in [-0.15, -0.1) is 0 Å². The number of aliphatic imine (C=N–C) groups is 1. The topological polar surface area (TPSA) is 49.7 Å². The first-order valence-corrected chi connectivity index (χ1v) is 5.59. The van der Waals surface area contributed by atoms with Gasteiger partial charge in [0.15, 0.2) is 0 Å². The van der Waals surface area contributed by atoms with Crippen LogP contribution in [0.4, 0.5) is 0 Å². The molecular formula is C13H14N2O2. The van der Waals surface area contributed by atoms with Crippen molar-refractivity contribution in [2.75, 3.05) is 6.54 Å². The molecule has 0 saturated carbocycles. The summed E-state index contributed by atoms with van der Waals surface area (Å²) in [5.74, 6) is 0.0514. The maximum absolute atomic E-state index is 11.7. The highest BCUT2D eigenvalue weighted by atomic mass is 16.2. The van der Waals surface area contributed by atoms with Gasteiger partial charge >= 0.3 is 0 Å². The van der Waals surface area contributed by atoms with Crippen molar-refractivity contribution in [2.45, 2.75) is 25.9 Å². The summed E-state index contributed by atoms with van der Waals surface area (Å²) in [5.41, 5.74) is 2.28. The molecule has 1 fully saturated rings. The Kier molecular flexibility index (Phi) is 3.35. The molecule has 0 aromatic heterocycles. The molecule has 4 nitrogen and oxygen atoms in total. The molecule has 0 radical (unpaired) electrons. The van der Waals surface area contributed by atoms with Crippen LogP contribution in [0.5, 0.6) is 0 Å². The molecule has 1 aliphatic rings. The van der Waals surface area contributed by atoms with E-state index in [-0.39, 0.29) is 11.9 Å². The number of amides is 1. The van der Waals surface area contributed by atoms with Crippen LogP contribution >= 0.6 is 0 Å². The molecule has 1 amide bonds. The fraction of sp³-hybridized carbons (Fsp3) is 0.385.